The van der Waals surface area contributed by atoms with Gasteiger partial charge in [0.05, 0.1) is 12.6 Å². The number of imidazole rings is 1. The van der Waals surface area contributed by atoms with Crippen LogP contribution in [0.3, 0.4) is 0 Å². The molecule has 0 unspecified atom stereocenters. The van der Waals surface area contributed by atoms with Crippen molar-refractivity contribution in [1.82, 2.24) is 24.3 Å². The highest BCUT2D eigenvalue weighted by Crippen LogP contribution is 2.17. The standard InChI is InChI=1S/C19H35N5O/c1-16-4-7-22(8-5-16)13-18(25)14-23-10-11-24(17(2)12-23)15-19-20-6-9-21(19)3/h6,9,16-18,25H,4-5,7-8,10-15H2,1-3H3/t17-,18+/m1/s1. The molecule has 0 spiro atoms. The average molecular weight is 350 g/mol. The summed E-state index contributed by atoms with van der Waals surface area (Å²) in [5.41, 5.74) is 0. The Morgan fingerprint density at radius 3 is 2.48 bits per heavy atom. The van der Waals surface area contributed by atoms with E-state index in [4.69, 9.17) is 0 Å². The van der Waals surface area contributed by atoms with E-state index < -0.39 is 0 Å². The predicted molar refractivity (Wildman–Crippen MR) is 100 cm³/mol. The van der Waals surface area contributed by atoms with E-state index >= 15 is 0 Å². The third-order valence-electron chi connectivity index (χ3n) is 5.93. The van der Waals surface area contributed by atoms with E-state index in [-0.39, 0.29) is 6.10 Å². The Morgan fingerprint density at radius 2 is 1.84 bits per heavy atom. The van der Waals surface area contributed by atoms with Gasteiger partial charge in [-0.1, -0.05) is 6.92 Å². The van der Waals surface area contributed by atoms with Crippen LogP contribution in [0.5, 0.6) is 0 Å². The van der Waals surface area contributed by atoms with Crippen LogP contribution < -0.4 is 0 Å². The second-order valence-corrected chi connectivity index (χ2v) is 8.17. The maximum Gasteiger partial charge on any atom is 0.122 e. The molecule has 3 heterocycles. The molecule has 2 fully saturated rings. The first-order valence-corrected chi connectivity index (χ1v) is 9.84. The quantitative estimate of drug-likeness (QED) is 0.831. The zero-order valence-corrected chi connectivity index (χ0v) is 16.1. The van der Waals surface area contributed by atoms with Crippen LogP contribution in [-0.2, 0) is 13.6 Å². The summed E-state index contributed by atoms with van der Waals surface area (Å²) >= 11 is 0. The lowest BCUT2D eigenvalue weighted by Crippen LogP contribution is -2.54. The van der Waals surface area contributed by atoms with Crippen molar-refractivity contribution in [2.45, 2.75) is 45.4 Å². The summed E-state index contributed by atoms with van der Waals surface area (Å²) in [6, 6.07) is 0.494. The summed E-state index contributed by atoms with van der Waals surface area (Å²) in [5, 5.41) is 10.5. The van der Waals surface area contributed by atoms with Crippen molar-refractivity contribution in [1.29, 1.82) is 0 Å². The van der Waals surface area contributed by atoms with Crippen molar-refractivity contribution in [2.75, 3.05) is 45.8 Å². The minimum Gasteiger partial charge on any atom is -0.390 e. The predicted octanol–water partition coefficient (Wildman–Crippen LogP) is 1.02. The van der Waals surface area contributed by atoms with Gasteiger partial charge in [0, 0.05) is 58.2 Å². The molecule has 6 nitrogen and oxygen atoms in total. The van der Waals surface area contributed by atoms with Gasteiger partial charge in [-0.15, -0.1) is 0 Å². The van der Waals surface area contributed by atoms with Crippen LogP contribution in [0.4, 0.5) is 0 Å². The number of hydrogen-bond donors (Lipinski definition) is 1. The molecule has 142 valence electrons. The summed E-state index contributed by atoms with van der Waals surface area (Å²) in [7, 11) is 2.06. The Hall–Kier alpha value is -0.950. The van der Waals surface area contributed by atoms with E-state index in [9.17, 15) is 5.11 Å². The number of aryl methyl sites for hydroxylation is 1. The van der Waals surface area contributed by atoms with Crippen molar-refractivity contribution >= 4 is 0 Å². The van der Waals surface area contributed by atoms with Crippen LogP contribution in [0.15, 0.2) is 12.4 Å². The van der Waals surface area contributed by atoms with Gasteiger partial charge >= 0.3 is 0 Å². The fourth-order valence-corrected chi connectivity index (χ4v) is 4.10. The lowest BCUT2D eigenvalue weighted by Gasteiger charge is -2.41. The molecular formula is C19H35N5O. The van der Waals surface area contributed by atoms with Gasteiger partial charge in [0.15, 0.2) is 0 Å². The summed E-state index contributed by atoms with van der Waals surface area (Å²) in [6.07, 6.45) is 6.19. The third kappa shape index (κ3) is 5.26. The molecule has 0 radical (unpaired) electrons. The lowest BCUT2D eigenvalue weighted by molar-refractivity contribution is 0.0234. The molecule has 1 aromatic heterocycles. The first kappa shape index (κ1) is 18.8. The largest absolute Gasteiger partial charge is 0.390 e. The molecule has 0 amide bonds. The highest BCUT2D eigenvalue weighted by atomic mass is 16.3. The van der Waals surface area contributed by atoms with Crippen LogP contribution in [0.2, 0.25) is 0 Å². The topological polar surface area (TPSA) is 47.8 Å². The highest BCUT2D eigenvalue weighted by Gasteiger charge is 2.26. The molecule has 0 aromatic carbocycles. The maximum absolute atomic E-state index is 10.5. The van der Waals surface area contributed by atoms with Crippen molar-refractivity contribution in [3.05, 3.63) is 18.2 Å². The average Bonchev–Trinajstić information content (AvgIpc) is 2.97. The van der Waals surface area contributed by atoms with Crippen LogP contribution in [0, 0.1) is 5.92 Å². The molecule has 0 bridgehead atoms. The monoisotopic (exact) mass is 349 g/mol. The van der Waals surface area contributed by atoms with E-state index in [0.29, 0.717) is 6.04 Å². The first-order valence-electron chi connectivity index (χ1n) is 9.84. The zero-order valence-electron chi connectivity index (χ0n) is 16.1. The lowest BCUT2D eigenvalue weighted by atomic mass is 9.99. The van der Waals surface area contributed by atoms with E-state index in [1.165, 1.54) is 12.8 Å². The Labute approximate surface area is 152 Å². The number of nitrogens with zero attached hydrogens (tertiary/aromatic N) is 5. The zero-order chi connectivity index (χ0) is 17.8. The van der Waals surface area contributed by atoms with Gasteiger partial charge in [-0.05, 0) is 38.8 Å². The number of piperazine rings is 1. The van der Waals surface area contributed by atoms with Crippen LogP contribution in [0.25, 0.3) is 0 Å². The van der Waals surface area contributed by atoms with Crippen molar-refractivity contribution < 1.29 is 5.11 Å². The van der Waals surface area contributed by atoms with Crippen LogP contribution in [-0.4, -0.2) is 87.3 Å². The smallest absolute Gasteiger partial charge is 0.122 e. The number of aliphatic hydroxyl groups is 1. The molecule has 25 heavy (non-hydrogen) atoms. The Morgan fingerprint density at radius 1 is 1.12 bits per heavy atom. The second-order valence-electron chi connectivity index (χ2n) is 8.17. The van der Waals surface area contributed by atoms with Crippen molar-refractivity contribution in [3.63, 3.8) is 0 Å². The summed E-state index contributed by atoms with van der Waals surface area (Å²) in [6.45, 7) is 12.5. The van der Waals surface area contributed by atoms with E-state index in [1.807, 2.05) is 12.4 Å². The summed E-state index contributed by atoms with van der Waals surface area (Å²) < 4.78 is 2.10. The van der Waals surface area contributed by atoms with Crippen LogP contribution in [0.1, 0.15) is 32.5 Å². The van der Waals surface area contributed by atoms with Gasteiger partial charge in [0.25, 0.3) is 0 Å². The highest BCUT2D eigenvalue weighted by molar-refractivity contribution is 4.93. The minimum absolute atomic E-state index is 0.235. The third-order valence-corrected chi connectivity index (χ3v) is 5.93. The molecule has 2 aliphatic heterocycles. The number of aromatic nitrogens is 2. The molecule has 1 aromatic rings. The van der Waals surface area contributed by atoms with Gasteiger partial charge in [-0.3, -0.25) is 9.80 Å². The minimum atomic E-state index is -0.235. The number of aliphatic hydroxyl groups excluding tert-OH is 1. The molecule has 0 saturated carbocycles. The second kappa shape index (κ2) is 8.62. The van der Waals surface area contributed by atoms with Gasteiger partial charge in [-0.2, -0.15) is 0 Å². The number of likely N-dealkylation sites (tertiary alicyclic amines) is 1. The van der Waals surface area contributed by atoms with Gasteiger partial charge < -0.3 is 14.6 Å². The molecule has 3 rings (SSSR count). The van der Waals surface area contributed by atoms with Gasteiger partial charge in [-0.25, -0.2) is 4.98 Å². The van der Waals surface area contributed by atoms with Gasteiger partial charge in [0.1, 0.15) is 5.82 Å². The normalized spacial score (nSPS) is 26.2. The SMILES string of the molecule is CC1CCN(C[C@H](O)CN2CCN(Cc3nccn3C)[C@H](C)C2)CC1. The summed E-state index contributed by atoms with van der Waals surface area (Å²) in [5.74, 6) is 1.97. The molecular weight excluding hydrogens is 314 g/mol. The number of rotatable bonds is 6. The Bertz CT molecular complexity index is 526. The molecule has 6 heteroatoms. The van der Waals surface area contributed by atoms with Crippen molar-refractivity contribution in [3.8, 4) is 0 Å². The Balaban J connectivity index is 1.41. The first-order chi connectivity index (χ1) is 12.0. The number of hydrogen-bond acceptors (Lipinski definition) is 5. The molecule has 2 atom stereocenters. The van der Waals surface area contributed by atoms with E-state index in [1.54, 1.807) is 0 Å². The number of β-amino-alcohol motifs (C(OH)–C–C–N with tert-alkyl or cyclic N) is 1. The van der Waals surface area contributed by atoms with E-state index in [2.05, 4.69) is 45.1 Å². The number of piperidine rings is 1. The molecule has 2 saturated heterocycles. The maximum atomic E-state index is 10.5. The molecule has 0 aliphatic carbocycles. The van der Waals surface area contributed by atoms with Crippen molar-refractivity contribution in [2.24, 2.45) is 13.0 Å². The Kier molecular flexibility index (Phi) is 6.49. The fraction of sp³-hybridized carbons (Fsp3) is 0.842. The molecule has 2 aliphatic rings. The summed E-state index contributed by atoms with van der Waals surface area (Å²) in [4.78, 5) is 11.8. The van der Waals surface area contributed by atoms with Crippen LogP contribution >= 0.6 is 0 Å². The molecule has 1 N–H and O–H groups in total. The fourth-order valence-electron chi connectivity index (χ4n) is 4.10. The van der Waals surface area contributed by atoms with Gasteiger partial charge in [0.2, 0.25) is 0 Å². The van der Waals surface area contributed by atoms with E-state index in [0.717, 1.165) is 64.1 Å².